The molecule has 9 nitrogen and oxygen atoms in total. The van der Waals surface area contributed by atoms with Crippen LogP contribution in [-0.4, -0.2) is 61.5 Å². The van der Waals surface area contributed by atoms with Gasteiger partial charge in [-0.25, -0.2) is 9.78 Å². The maximum Gasteiger partial charge on any atom is 0.325 e. The van der Waals surface area contributed by atoms with Crippen LogP contribution in [0, 0.1) is 6.92 Å². The van der Waals surface area contributed by atoms with Crippen molar-refractivity contribution in [3.63, 3.8) is 0 Å². The van der Waals surface area contributed by atoms with E-state index in [1.807, 2.05) is 0 Å². The second-order valence-electron chi connectivity index (χ2n) is 6.47. The number of imide groups is 1. The molecule has 0 unspecified atom stereocenters. The van der Waals surface area contributed by atoms with Gasteiger partial charge in [0.05, 0.1) is 6.04 Å². The first kappa shape index (κ1) is 15.4. The zero-order chi connectivity index (χ0) is 16.8. The molecule has 0 saturated carbocycles. The highest BCUT2D eigenvalue weighted by atomic mass is 16.2. The molecule has 2 aliphatic heterocycles. The number of likely N-dealkylation sites (tertiary alicyclic amines) is 1. The first-order valence-electron chi connectivity index (χ1n) is 7.62. The minimum Gasteiger partial charge on any atom is -0.331 e. The van der Waals surface area contributed by atoms with Gasteiger partial charge in [-0.1, -0.05) is 0 Å². The normalized spacial score (nSPS) is 23.5. The second-order valence-corrected chi connectivity index (χ2v) is 6.47. The third-order valence-corrected chi connectivity index (χ3v) is 4.22. The van der Waals surface area contributed by atoms with Crippen LogP contribution in [0.3, 0.4) is 0 Å². The molecule has 0 aliphatic carbocycles. The Bertz CT molecular complexity index is 667. The Morgan fingerprint density at radius 1 is 1.39 bits per heavy atom. The van der Waals surface area contributed by atoms with Crippen LogP contribution in [0.4, 0.5) is 4.79 Å². The first-order valence-corrected chi connectivity index (χ1v) is 7.62. The molecule has 0 aromatic carbocycles. The van der Waals surface area contributed by atoms with Crippen molar-refractivity contribution in [2.45, 2.75) is 45.2 Å². The lowest BCUT2D eigenvalue weighted by molar-refractivity contribution is -0.139. The van der Waals surface area contributed by atoms with E-state index in [4.69, 9.17) is 0 Å². The molecule has 4 amide bonds. The summed E-state index contributed by atoms with van der Waals surface area (Å²) in [6, 6.07) is -0.737. The summed E-state index contributed by atoms with van der Waals surface area (Å²) in [6.45, 7) is 5.35. The average molecular weight is 320 g/mol. The molecule has 3 heterocycles. The quantitative estimate of drug-likeness (QED) is 0.768. The molecule has 1 aromatic rings. The standard InChI is InChI=1S/C14H20N6O3/c1-8-15-11(18-17-8)9-5-4-6-19(9)10(21)7-20-12(22)14(2,3)16-13(20)23/h9H,4-7H2,1-3H3,(H,16,23)(H,15,17,18)/t9-/m0/s1. The highest BCUT2D eigenvalue weighted by Crippen LogP contribution is 2.30. The molecule has 124 valence electrons. The van der Waals surface area contributed by atoms with Crippen LogP contribution in [0.1, 0.15) is 44.4 Å². The minimum atomic E-state index is -0.970. The summed E-state index contributed by atoms with van der Waals surface area (Å²) in [7, 11) is 0. The number of urea groups is 1. The number of nitrogens with one attached hydrogen (secondary N) is 2. The first-order chi connectivity index (χ1) is 10.8. The van der Waals surface area contributed by atoms with Crippen molar-refractivity contribution in [2.24, 2.45) is 0 Å². The second kappa shape index (κ2) is 5.32. The highest BCUT2D eigenvalue weighted by Gasteiger charge is 2.46. The molecule has 0 spiro atoms. The van der Waals surface area contributed by atoms with Crippen molar-refractivity contribution in [1.82, 2.24) is 30.3 Å². The van der Waals surface area contributed by atoms with Crippen molar-refractivity contribution in [3.05, 3.63) is 11.6 Å². The number of aromatic amines is 1. The van der Waals surface area contributed by atoms with Gasteiger partial charge >= 0.3 is 6.03 Å². The van der Waals surface area contributed by atoms with Crippen molar-refractivity contribution in [3.8, 4) is 0 Å². The smallest absolute Gasteiger partial charge is 0.325 e. The predicted molar refractivity (Wildman–Crippen MR) is 79.1 cm³/mol. The summed E-state index contributed by atoms with van der Waals surface area (Å²) in [5.74, 6) is 0.609. The van der Waals surface area contributed by atoms with Gasteiger partial charge in [0.15, 0.2) is 5.82 Å². The van der Waals surface area contributed by atoms with Gasteiger partial charge in [0.1, 0.15) is 17.9 Å². The van der Waals surface area contributed by atoms with E-state index in [2.05, 4.69) is 20.5 Å². The van der Waals surface area contributed by atoms with Crippen molar-refractivity contribution < 1.29 is 14.4 Å². The van der Waals surface area contributed by atoms with Gasteiger partial charge in [-0.15, -0.1) is 0 Å². The van der Waals surface area contributed by atoms with E-state index in [-0.39, 0.29) is 24.4 Å². The average Bonchev–Trinajstić information content (AvgIpc) is 3.14. The Hall–Kier alpha value is -2.45. The van der Waals surface area contributed by atoms with E-state index in [1.54, 1.807) is 25.7 Å². The van der Waals surface area contributed by atoms with Crippen molar-refractivity contribution in [2.75, 3.05) is 13.1 Å². The maximum absolute atomic E-state index is 12.6. The minimum absolute atomic E-state index is 0.207. The molecule has 2 aliphatic rings. The van der Waals surface area contributed by atoms with Crippen LogP contribution in [0.5, 0.6) is 0 Å². The molecule has 23 heavy (non-hydrogen) atoms. The molecule has 0 radical (unpaired) electrons. The summed E-state index contributed by atoms with van der Waals surface area (Å²) in [5.41, 5.74) is -0.970. The number of amides is 4. The number of hydrogen-bond acceptors (Lipinski definition) is 5. The van der Waals surface area contributed by atoms with E-state index in [0.29, 0.717) is 18.2 Å². The van der Waals surface area contributed by atoms with E-state index < -0.39 is 11.6 Å². The van der Waals surface area contributed by atoms with Crippen LogP contribution < -0.4 is 5.32 Å². The molecule has 1 aromatic heterocycles. The van der Waals surface area contributed by atoms with Crippen LogP contribution >= 0.6 is 0 Å². The molecule has 2 N–H and O–H groups in total. The molecule has 9 heteroatoms. The van der Waals surface area contributed by atoms with Gasteiger partial charge < -0.3 is 10.2 Å². The zero-order valence-electron chi connectivity index (χ0n) is 13.4. The number of hydrogen-bond donors (Lipinski definition) is 2. The summed E-state index contributed by atoms with van der Waals surface area (Å²) < 4.78 is 0. The van der Waals surface area contributed by atoms with Gasteiger partial charge in [0, 0.05) is 6.54 Å². The number of aromatic nitrogens is 3. The van der Waals surface area contributed by atoms with Crippen LogP contribution in [0.25, 0.3) is 0 Å². The Kier molecular flexibility index (Phi) is 3.57. The Morgan fingerprint density at radius 2 is 2.13 bits per heavy atom. The molecule has 0 bridgehead atoms. The fourth-order valence-electron chi connectivity index (χ4n) is 3.03. The number of carbonyl (C=O) groups is 3. The number of nitrogens with zero attached hydrogens (tertiary/aromatic N) is 4. The van der Waals surface area contributed by atoms with Crippen molar-refractivity contribution >= 4 is 17.8 Å². The third kappa shape index (κ3) is 2.66. The third-order valence-electron chi connectivity index (χ3n) is 4.22. The van der Waals surface area contributed by atoms with Crippen LogP contribution in [0.15, 0.2) is 0 Å². The number of carbonyl (C=O) groups excluding carboxylic acids is 3. The van der Waals surface area contributed by atoms with Gasteiger partial charge in [0.25, 0.3) is 5.91 Å². The van der Waals surface area contributed by atoms with Crippen LogP contribution in [0.2, 0.25) is 0 Å². The predicted octanol–water partition coefficient (Wildman–Crippen LogP) is 0.107. The van der Waals surface area contributed by atoms with E-state index >= 15 is 0 Å². The van der Waals surface area contributed by atoms with Gasteiger partial charge in [-0.2, -0.15) is 5.10 Å². The molecule has 2 fully saturated rings. The van der Waals surface area contributed by atoms with Gasteiger partial charge in [-0.05, 0) is 33.6 Å². The lowest BCUT2D eigenvalue weighted by Gasteiger charge is -2.24. The number of H-pyrrole nitrogens is 1. The Labute approximate surface area is 133 Å². The van der Waals surface area contributed by atoms with E-state index in [0.717, 1.165) is 17.7 Å². The lowest BCUT2D eigenvalue weighted by Crippen LogP contribution is -2.44. The zero-order valence-corrected chi connectivity index (χ0v) is 13.4. The number of rotatable bonds is 3. The largest absolute Gasteiger partial charge is 0.331 e. The SMILES string of the molecule is Cc1nc([C@@H]2CCCN2C(=O)CN2C(=O)NC(C)(C)C2=O)n[nH]1. The summed E-state index contributed by atoms with van der Waals surface area (Å²) >= 11 is 0. The molecular formula is C14H20N6O3. The fourth-order valence-corrected chi connectivity index (χ4v) is 3.03. The van der Waals surface area contributed by atoms with Crippen molar-refractivity contribution in [1.29, 1.82) is 0 Å². The number of aryl methyl sites for hydroxylation is 1. The highest BCUT2D eigenvalue weighted by molar-refractivity contribution is 6.08. The molecule has 3 rings (SSSR count). The van der Waals surface area contributed by atoms with E-state index in [9.17, 15) is 14.4 Å². The summed E-state index contributed by atoms with van der Waals surface area (Å²) in [5, 5.41) is 9.47. The van der Waals surface area contributed by atoms with Gasteiger partial charge in [0.2, 0.25) is 5.91 Å². The Balaban J connectivity index is 1.73. The fraction of sp³-hybridized carbons (Fsp3) is 0.643. The summed E-state index contributed by atoms with van der Waals surface area (Å²) in [6.07, 6.45) is 1.62. The van der Waals surface area contributed by atoms with Gasteiger partial charge in [-0.3, -0.25) is 19.6 Å². The lowest BCUT2D eigenvalue weighted by atomic mass is 10.1. The van der Waals surface area contributed by atoms with E-state index in [1.165, 1.54) is 0 Å². The molecular weight excluding hydrogens is 300 g/mol. The molecule has 1 atom stereocenters. The molecule has 2 saturated heterocycles. The topological polar surface area (TPSA) is 111 Å². The monoisotopic (exact) mass is 320 g/mol. The summed E-state index contributed by atoms with van der Waals surface area (Å²) in [4.78, 5) is 43.6. The van der Waals surface area contributed by atoms with Crippen LogP contribution in [-0.2, 0) is 9.59 Å². The maximum atomic E-state index is 12.6. The Morgan fingerprint density at radius 3 is 2.70 bits per heavy atom.